The molecule has 3 aromatic carbocycles. The molecule has 0 unspecified atom stereocenters. The Kier molecular flexibility index (Phi) is 4.30. The first-order valence-electron chi connectivity index (χ1n) is 8.16. The average molecular weight is 317 g/mol. The quantitative estimate of drug-likeness (QED) is 0.599. The summed E-state index contributed by atoms with van der Waals surface area (Å²) in [5.74, 6) is 1.60. The number of nitrogen functional groups attached to an aromatic ring is 1. The molecule has 3 rings (SSSR count). The Labute approximate surface area is 143 Å². The lowest BCUT2D eigenvalue weighted by Crippen LogP contribution is -2.10. The highest BCUT2D eigenvalue weighted by Crippen LogP contribution is 2.28. The molecule has 0 spiro atoms. The van der Waals surface area contributed by atoms with Crippen LogP contribution < -0.4 is 10.5 Å². The molecule has 2 heteroatoms. The molecular formula is C22H23NO. The fourth-order valence-electron chi connectivity index (χ4n) is 2.55. The van der Waals surface area contributed by atoms with E-state index in [9.17, 15) is 0 Å². The van der Waals surface area contributed by atoms with Gasteiger partial charge in [0.2, 0.25) is 0 Å². The first-order valence-corrected chi connectivity index (χ1v) is 8.16. The summed E-state index contributed by atoms with van der Waals surface area (Å²) in [5.41, 5.74) is 10.3. The summed E-state index contributed by atoms with van der Waals surface area (Å²) in [5, 5.41) is 0. The zero-order valence-electron chi connectivity index (χ0n) is 14.4. The van der Waals surface area contributed by atoms with Crippen molar-refractivity contribution >= 4 is 5.69 Å². The fraction of sp³-hybridized carbons (Fsp3) is 0.182. The molecule has 24 heavy (non-hydrogen) atoms. The maximum Gasteiger partial charge on any atom is 0.127 e. The van der Waals surface area contributed by atoms with Crippen molar-refractivity contribution in [3.8, 4) is 22.6 Å². The summed E-state index contributed by atoms with van der Waals surface area (Å²) in [6, 6.07) is 24.3. The molecule has 0 fully saturated rings. The first-order chi connectivity index (χ1) is 11.4. The third kappa shape index (κ3) is 3.77. The van der Waals surface area contributed by atoms with Crippen LogP contribution in [0.25, 0.3) is 11.1 Å². The van der Waals surface area contributed by atoms with Gasteiger partial charge in [0, 0.05) is 5.69 Å². The van der Waals surface area contributed by atoms with Crippen LogP contribution in [0.5, 0.6) is 11.5 Å². The zero-order chi connectivity index (χ0) is 17.2. The average Bonchev–Trinajstić information content (AvgIpc) is 2.57. The Bertz CT molecular complexity index is 795. The van der Waals surface area contributed by atoms with Crippen LogP contribution in [0.15, 0.2) is 72.8 Å². The summed E-state index contributed by atoms with van der Waals surface area (Å²) in [7, 11) is 0. The van der Waals surface area contributed by atoms with E-state index in [1.54, 1.807) is 0 Å². The van der Waals surface area contributed by atoms with Gasteiger partial charge in [-0.3, -0.25) is 0 Å². The molecule has 0 radical (unpaired) electrons. The van der Waals surface area contributed by atoms with E-state index in [1.165, 1.54) is 16.7 Å². The molecule has 0 aliphatic rings. The Morgan fingerprint density at radius 3 is 1.50 bits per heavy atom. The van der Waals surface area contributed by atoms with Crippen LogP contribution in [0.4, 0.5) is 5.69 Å². The molecule has 0 aliphatic carbocycles. The van der Waals surface area contributed by atoms with E-state index >= 15 is 0 Å². The van der Waals surface area contributed by atoms with E-state index in [0.29, 0.717) is 0 Å². The minimum absolute atomic E-state index is 0.176. The van der Waals surface area contributed by atoms with E-state index in [0.717, 1.165) is 17.2 Å². The monoisotopic (exact) mass is 317 g/mol. The minimum Gasteiger partial charge on any atom is -0.457 e. The fourth-order valence-corrected chi connectivity index (χ4v) is 2.55. The molecule has 122 valence electrons. The number of hydrogen-bond acceptors (Lipinski definition) is 2. The van der Waals surface area contributed by atoms with E-state index in [2.05, 4.69) is 57.2 Å². The lowest BCUT2D eigenvalue weighted by atomic mass is 9.86. The highest BCUT2D eigenvalue weighted by molar-refractivity contribution is 5.64. The lowest BCUT2D eigenvalue weighted by molar-refractivity contribution is 0.483. The highest BCUT2D eigenvalue weighted by atomic mass is 16.5. The Balaban J connectivity index is 1.75. The van der Waals surface area contributed by atoms with Crippen LogP contribution in [0.3, 0.4) is 0 Å². The van der Waals surface area contributed by atoms with Crippen molar-refractivity contribution in [2.24, 2.45) is 0 Å². The highest BCUT2D eigenvalue weighted by Gasteiger charge is 2.13. The molecule has 2 nitrogen and oxygen atoms in total. The maximum absolute atomic E-state index is 5.83. The lowest BCUT2D eigenvalue weighted by Gasteiger charge is -2.19. The molecule has 0 saturated heterocycles. The molecule has 0 aliphatic heterocycles. The normalized spacial score (nSPS) is 11.3. The smallest absolute Gasteiger partial charge is 0.127 e. The number of ether oxygens (including phenoxy) is 1. The molecule has 2 N–H and O–H groups in total. The van der Waals surface area contributed by atoms with Crippen molar-refractivity contribution in [3.63, 3.8) is 0 Å². The Morgan fingerprint density at radius 1 is 0.625 bits per heavy atom. The Morgan fingerprint density at radius 2 is 1.04 bits per heavy atom. The van der Waals surface area contributed by atoms with Crippen LogP contribution >= 0.6 is 0 Å². The van der Waals surface area contributed by atoms with Crippen molar-refractivity contribution in [1.82, 2.24) is 0 Å². The molecule has 0 heterocycles. The summed E-state index contributed by atoms with van der Waals surface area (Å²) in [4.78, 5) is 0. The van der Waals surface area contributed by atoms with Gasteiger partial charge in [-0.25, -0.2) is 0 Å². The second kappa shape index (κ2) is 6.40. The summed E-state index contributed by atoms with van der Waals surface area (Å²) in [6.07, 6.45) is 0. The summed E-state index contributed by atoms with van der Waals surface area (Å²) >= 11 is 0. The van der Waals surface area contributed by atoms with Crippen molar-refractivity contribution in [1.29, 1.82) is 0 Å². The third-order valence-corrected chi connectivity index (χ3v) is 4.05. The Hall–Kier alpha value is -2.74. The van der Waals surface area contributed by atoms with Gasteiger partial charge in [0.15, 0.2) is 0 Å². The summed E-state index contributed by atoms with van der Waals surface area (Å²) in [6.45, 7) is 6.68. The van der Waals surface area contributed by atoms with Crippen LogP contribution in [-0.2, 0) is 5.41 Å². The summed E-state index contributed by atoms with van der Waals surface area (Å²) < 4.78 is 5.83. The predicted molar refractivity (Wildman–Crippen MR) is 102 cm³/mol. The van der Waals surface area contributed by atoms with Gasteiger partial charge in [-0.2, -0.15) is 0 Å². The first kappa shape index (κ1) is 16.1. The molecule has 0 atom stereocenters. The van der Waals surface area contributed by atoms with E-state index in [1.807, 2.05) is 36.4 Å². The SMILES string of the molecule is CC(C)(C)c1ccc(-c2ccc(Oc3ccc(N)cc3)cc2)cc1. The van der Waals surface area contributed by atoms with Gasteiger partial charge in [-0.1, -0.05) is 57.2 Å². The standard InChI is InChI=1S/C22H23NO/c1-22(2,3)18-8-4-16(5-9-18)17-6-12-20(13-7-17)24-21-14-10-19(23)11-15-21/h4-15H,23H2,1-3H3. The van der Waals surface area contributed by atoms with Gasteiger partial charge >= 0.3 is 0 Å². The molecule has 0 saturated carbocycles. The topological polar surface area (TPSA) is 35.2 Å². The molecule has 0 amide bonds. The molecule has 3 aromatic rings. The van der Waals surface area contributed by atoms with Crippen molar-refractivity contribution < 1.29 is 4.74 Å². The van der Waals surface area contributed by atoms with Crippen LogP contribution in [0, 0.1) is 0 Å². The van der Waals surface area contributed by atoms with Crippen LogP contribution in [0.1, 0.15) is 26.3 Å². The molecular weight excluding hydrogens is 294 g/mol. The largest absolute Gasteiger partial charge is 0.457 e. The second-order valence-corrected chi connectivity index (χ2v) is 7.02. The van der Waals surface area contributed by atoms with Gasteiger partial charge in [-0.05, 0) is 58.5 Å². The van der Waals surface area contributed by atoms with Gasteiger partial charge in [0.1, 0.15) is 11.5 Å². The molecule has 0 bridgehead atoms. The number of nitrogens with two attached hydrogens (primary N) is 1. The van der Waals surface area contributed by atoms with Crippen LogP contribution in [0.2, 0.25) is 0 Å². The van der Waals surface area contributed by atoms with E-state index in [4.69, 9.17) is 10.5 Å². The van der Waals surface area contributed by atoms with Gasteiger partial charge < -0.3 is 10.5 Å². The van der Waals surface area contributed by atoms with Crippen molar-refractivity contribution in [3.05, 3.63) is 78.4 Å². The number of anilines is 1. The number of benzene rings is 3. The third-order valence-electron chi connectivity index (χ3n) is 4.05. The molecule has 0 aromatic heterocycles. The minimum atomic E-state index is 0.176. The van der Waals surface area contributed by atoms with Gasteiger partial charge in [0.05, 0.1) is 0 Å². The second-order valence-electron chi connectivity index (χ2n) is 7.02. The maximum atomic E-state index is 5.83. The number of rotatable bonds is 3. The van der Waals surface area contributed by atoms with Crippen molar-refractivity contribution in [2.75, 3.05) is 5.73 Å². The van der Waals surface area contributed by atoms with Gasteiger partial charge in [-0.15, -0.1) is 0 Å². The van der Waals surface area contributed by atoms with E-state index < -0.39 is 0 Å². The number of hydrogen-bond donors (Lipinski definition) is 1. The predicted octanol–water partition coefficient (Wildman–Crippen LogP) is 6.03. The van der Waals surface area contributed by atoms with Crippen LogP contribution in [-0.4, -0.2) is 0 Å². The van der Waals surface area contributed by atoms with Gasteiger partial charge in [0.25, 0.3) is 0 Å². The van der Waals surface area contributed by atoms with Crippen molar-refractivity contribution in [2.45, 2.75) is 26.2 Å². The zero-order valence-corrected chi connectivity index (χ0v) is 14.4. The van der Waals surface area contributed by atoms with E-state index in [-0.39, 0.29) is 5.41 Å².